The van der Waals surface area contributed by atoms with Gasteiger partial charge in [0, 0.05) is 17.7 Å². The number of hydrogen-bond donors (Lipinski definition) is 1. The molecule has 0 aliphatic carbocycles. The first kappa shape index (κ1) is 19.0. The first-order valence-electron chi connectivity index (χ1n) is 7.44. The first-order valence-corrected chi connectivity index (χ1v) is 8.63. The van der Waals surface area contributed by atoms with Crippen LogP contribution in [-0.2, 0) is 0 Å². The summed E-state index contributed by atoms with van der Waals surface area (Å²) in [5.74, 6) is -0.196. The molecule has 0 aliphatic rings. The number of allylic oxidation sites excluding steroid dienone is 1. The molecular weight excluding hydrogens is 306 g/mol. The van der Waals surface area contributed by atoms with Crippen LogP contribution in [0.3, 0.4) is 0 Å². The topological polar surface area (TPSA) is 56.1 Å². The van der Waals surface area contributed by atoms with Gasteiger partial charge in [0.1, 0.15) is 0 Å². The normalized spacial score (nSPS) is 10.7. The van der Waals surface area contributed by atoms with Gasteiger partial charge in [0.05, 0.1) is 12.6 Å². The fourth-order valence-corrected chi connectivity index (χ4v) is 2.17. The van der Waals surface area contributed by atoms with Gasteiger partial charge in [-0.3, -0.25) is 9.10 Å². The van der Waals surface area contributed by atoms with Crippen LogP contribution in [0, 0.1) is 11.3 Å². The second-order valence-electron chi connectivity index (χ2n) is 5.10. The lowest BCUT2D eigenvalue weighted by Crippen LogP contribution is -2.25. The van der Waals surface area contributed by atoms with Crippen molar-refractivity contribution >= 4 is 23.9 Å². The van der Waals surface area contributed by atoms with Crippen molar-refractivity contribution in [1.82, 2.24) is 9.62 Å². The van der Waals surface area contributed by atoms with Gasteiger partial charge in [-0.15, -0.1) is 0 Å². The van der Waals surface area contributed by atoms with Crippen LogP contribution in [0.15, 0.2) is 42.5 Å². The molecule has 1 N–H and O–H groups in total. The maximum Gasteiger partial charge on any atom is 0.251 e. The average molecular weight is 329 g/mol. The molecule has 122 valence electrons. The number of nitrogens with one attached hydrogen (secondary N) is 1. The second-order valence-corrected chi connectivity index (χ2v) is 6.09. The van der Waals surface area contributed by atoms with Crippen molar-refractivity contribution < 1.29 is 4.79 Å². The number of unbranched alkanes of at least 4 members (excludes halogenated alkanes) is 1. The third-order valence-corrected chi connectivity index (χ3v) is 4.04. The van der Waals surface area contributed by atoms with Crippen LogP contribution >= 0.6 is 11.9 Å². The molecule has 1 aromatic carbocycles. The highest BCUT2D eigenvalue weighted by atomic mass is 32.2. The van der Waals surface area contributed by atoms with Gasteiger partial charge in [-0.05, 0) is 43.8 Å². The zero-order valence-electron chi connectivity index (χ0n) is 13.7. The highest BCUT2D eigenvalue weighted by Crippen LogP contribution is 2.09. The molecular formula is C18H23N3OS. The Morgan fingerprint density at radius 1 is 1.52 bits per heavy atom. The van der Waals surface area contributed by atoms with Crippen LogP contribution in [0.4, 0.5) is 0 Å². The predicted molar refractivity (Wildman–Crippen MR) is 97.9 cm³/mol. The van der Waals surface area contributed by atoms with Gasteiger partial charge in [-0.25, -0.2) is 0 Å². The fraction of sp³-hybridized carbons (Fsp3) is 0.333. The van der Waals surface area contributed by atoms with Gasteiger partial charge in [0.25, 0.3) is 5.91 Å². The molecule has 0 radical (unpaired) electrons. The largest absolute Gasteiger partial charge is 0.347 e. The van der Waals surface area contributed by atoms with E-state index in [4.69, 9.17) is 5.26 Å². The van der Waals surface area contributed by atoms with Crippen LogP contribution in [-0.4, -0.2) is 36.6 Å². The number of hydrogen-bond acceptors (Lipinski definition) is 4. The number of carbonyl (C=O) groups is 1. The van der Waals surface area contributed by atoms with E-state index < -0.39 is 0 Å². The maximum atomic E-state index is 12.0. The Morgan fingerprint density at radius 3 is 3.00 bits per heavy atom. The number of nitrogens with zero attached hydrogens (tertiary/aromatic N) is 2. The molecule has 0 atom stereocenters. The zero-order valence-corrected chi connectivity index (χ0v) is 14.5. The Hall–Kier alpha value is -2.03. The van der Waals surface area contributed by atoms with E-state index in [0.717, 1.165) is 24.9 Å². The molecule has 0 unspecified atom stereocenters. The summed E-state index contributed by atoms with van der Waals surface area (Å²) in [6.45, 7) is 4.77. The van der Waals surface area contributed by atoms with Crippen molar-refractivity contribution in [2.45, 2.75) is 12.8 Å². The molecule has 4 nitrogen and oxygen atoms in total. The van der Waals surface area contributed by atoms with Crippen molar-refractivity contribution in [2.75, 3.05) is 26.4 Å². The minimum absolute atomic E-state index is 0.179. The molecule has 0 aliphatic heterocycles. The highest BCUT2D eigenvalue weighted by Gasteiger charge is 2.05. The van der Waals surface area contributed by atoms with E-state index >= 15 is 0 Å². The standard InChI is InChI=1S/C18H23N3OS/c1-15(13-19)14-20-18(22)17-10-7-9-16(12-17)8-5-4-6-11-21(2)23-3/h5,7-10,12H,1,4,6,11,14H2,2-3H3,(H,20,22)/b8-5-. The van der Waals surface area contributed by atoms with Crippen molar-refractivity contribution in [3.8, 4) is 6.07 Å². The third-order valence-electron chi connectivity index (χ3n) is 3.24. The lowest BCUT2D eigenvalue weighted by molar-refractivity contribution is 0.0957. The molecule has 1 rings (SSSR count). The predicted octanol–water partition coefficient (Wildman–Crippen LogP) is 3.50. The summed E-state index contributed by atoms with van der Waals surface area (Å²) in [6.07, 6.45) is 8.33. The summed E-state index contributed by atoms with van der Waals surface area (Å²) in [7, 11) is 2.08. The Kier molecular flexibility index (Phi) is 8.81. The molecule has 23 heavy (non-hydrogen) atoms. The summed E-state index contributed by atoms with van der Waals surface area (Å²) in [5.41, 5.74) is 1.92. The molecule has 0 bridgehead atoms. The van der Waals surface area contributed by atoms with Gasteiger partial charge < -0.3 is 5.32 Å². The number of benzene rings is 1. The smallest absolute Gasteiger partial charge is 0.251 e. The summed E-state index contributed by atoms with van der Waals surface area (Å²) in [4.78, 5) is 12.0. The number of rotatable bonds is 9. The Labute approximate surface area is 143 Å². The molecule has 1 amide bonds. The average Bonchev–Trinajstić information content (AvgIpc) is 2.58. The van der Waals surface area contributed by atoms with Crippen LogP contribution < -0.4 is 5.32 Å². The molecule has 0 fully saturated rings. The van der Waals surface area contributed by atoms with Gasteiger partial charge in [-0.1, -0.05) is 42.8 Å². The zero-order chi connectivity index (χ0) is 17.1. The Balaban J connectivity index is 2.51. The van der Waals surface area contributed by atoms with Crippen LogP contribution in [0.2, 0.25) is 0 Å². The molecule has 0 aromatic heterocycles. The quantitative estimate of drug-likeness (QED) is 0.428. The Morgan fingerprint density at radius 2 is 2.30 bits per heavy atom. The van der Waals surface area contributed by atoms with E-state index in [1.54, 1.807) is 18.0 Å². The first-order chi connectivity index (χ1) is 11.1. The van der Waals surface area contributed by atoms with Crippen LogP contribution in [0.5, 0.6) is 0 Å². The SMILES string of the molecule is C=C(C#N)CNC(=O)c1cccc(/C=C\CCCN(C)SC)c1. The van der Waals surface area contributed by atoms with Gasteiger partial charge in [0.2, 0.25) is 0 Å². The van der Waals surface area contributed by atoms with Gasteiger partial charge >= 0.3 is 0 Å². The molecule has 0 heterocycles. The number of nitriles is 1. The van der Waals surface area contributed by atoms with Crippen LogP contribution in [0.1, 0.15) is 28.8 Å². The van der Waals surface area contributed by atoms with E-state index in [2.05, 4.69) is 35.6 Å². The van der Waals surface area contributed by atoms with E-state index in [1.165, 1.54) is 0 Å². The highest BCUT2D eigenvalue weighted by molar-refractivity contribution is 7.96. The summed E-state index contributed by atoms with van der Waals surface area (Å²) < 4.78 is 2.20. The molecule has 0 saturated heterocycles. The van der Waals surface area contributed by atoms with E-state index in [0.29, 0.717) is 11.1 Å². The molecule has 1 aromatic rings. The van der Waals surface area contributed by atoms with E-state index in [1.807, 2.05) is 30.3 Å². The van der Waals surface area contributed by atoms with Crippen molar-refractivity contribution in [3.63, 3.8) is 0 Å². The van der Waals surface area contributed by atoms with Gasteiger partial charge in [-0.2, -0.15) is 5.26 Å². The minimum atomic E-state index is -0.196. The molecule has 5 heteroatoms. The fourth-order valence-electron chi connectivity index (χ4n) is 1.85. The number of carbonyl (C=O) groups excluding carboxylic acids is 1. The second kappa shape index (κ2) is 10.7. The minimum Gasteiger partial charge on any atom is -0.347 e. The lowest BCUT2D eigenvalue weighted by Gasteiger charge is -2.10. The van der Waals surface area contributed by atoms with Crippen molar-refractivity contribution in [1.29, 1.82) is 5.26 Å². The number of amides is 1. The van der Waals surface area contributed by atoms with Crippen LogP contribution in [0.25, 0.3) is 6.08 Å². The Bertz CT molecular complexity index is 605. The third kappa shape index (κ3) is 7.68. The maximum absolute atomic E-state index is 12.0. The summed E-state index contributed by atoms with van der Waals surface area (Å²) in [5, 5.41) is 11.3. The van der Waals surface area contributed by atoms with Gasteiger partial charge in [0.15, 0.2) is 0 Å². The summed E-state index contributed by atoms with van der Waals surface area (Å²) in [6, 6.07) is 9.34. The van der Waals surface area contributed by atoms with Crippen molar-refractivity contribution in [3.05, 3.63) is 53.6 Å². The summed E-state index contributed by atoms with van der Waals surface area (Å²) >= 11 is 1.73. The van der Waals surface area contributed by atoms with E-state index in [9.17, 15) is 4.79 Å². The van der Waals surface area contributed by atoms with E-state index in [-0.39, 0.29) is 12.5 Å². The van der Waals surface area contributed by atoms with Crippen molar-refractivity contribution in [2.24, 2.45) is 0 Å². The lowest BCUT2D eigenvalue weighted by atomic mass is 10.1. The molecule has 0 spiro atoms. The monoisotopic (exact) mass is 329 g/mol. The molecule has 0 saturated carbocycles.